The first-order chi connectivity index (χ1) is 10.1. The third-order valence-electron chi connectivity index (χ3n) is 5.15. The Bertz CT molecular complexity index is 333. The van der Waals surface area contributed by atoms with Crippen molar-refractivity contribution in [3.8, 4) is 0 Å². The number of halogens is 2. The van der Waals surface area contributed by atoms with Gasteiger partial charge in [0.15, 0.2) is 0 Å². The van der Waals surface area contributed by atoms with E-state index < -0.39 is 0 Å². The van der Waals surface area contributed by atoms with E-state index in [0.29, 0.717) is 5.41 Å². The minimum atomic E-state index is 0.708. The number of rotatable bonds is 6. The molecule has 3 aliphatic heterocycles. The molecular formula is C15H28I2N4. The van der Waals surface area contributed by atoms with Gasteiger partial charge in [0.1, 0.15) is 0 Å². The second-order valence-corrected chi connectivity index (χ2v) is 10.1. The first kappa shape index (κ1) is 17.1. The van der Waals surface area contributed by atoms with Gasteiger partial charge in [0.25, 0.3) is 0 Å². The quantitative estimate of drug-likeness (QED) is 0.176. The fourth-order valence-corrected chi connectivity index (χ4v) is 5.60. The molecule has 4 nitrogen and oxygen atoms in total. The minimum Gasteiger partial charge on any atom is -0.305 e. The predicted octanol–water partition coefficient (Wildman–Crippen LogP) is 2.13. The average Bonchev–Trinajstić information content (AvgIpc) is 2.39. The maximum Gasteiger partial charge on any atom is 0.0619 e. The molecule has 1 atom stereocenters. The summed E-state index contributed by atoms with van der Waals surface area (Å²) in [7, 11) is 2.24. The third-order valence-corrected chi connectivity index (χ3v) is 7.53. The van der Waals surface area contributed by atoms with Crippen LogP contribution in [-0.4, -0.2) is 87.8 Å². The van der Waals surface area contributed by atoms with Gasteiger partial charge in [-0.25, -0.2) is 3.11 Å². The molecule has 0 aliphatic carbocycles. The van der Waals surface area contributed by atoms with E-state index in [-0.39, 0.29) is 0 Å². The van der Waals surface area contributed by atoms with E-state index in [9.17, 15) is 0 Å². The molecule has 21 heavy (non-hydrogen) atoms. The number of hydrogen-bond donors (Lipinski definition) is 0. The average molecular weight is 518 g/mol. The Kier molecular flexibility index (Phi) is 6.09. The largest absolute Gasteiger partial charge is 0.305 e. The van der Waals surface area contributed by atoms with Crippen molar-refractivity contribution in [1.29, 1.82) is 0 Å². The molecule has 3 saturated heterocycles. The fourth-order valence-electron chi connectivity index (χ4n) is 4.17. The molecule has 122 valence electrons. The molecule has 0 saturated carbocycles. The molecule has 3 rings (SSSR count). The molecule has 0 amide bonds. The molecule has 0 aromatic rings. The van der Waals surface area contributed by atoms with Gasteiger partial charge >= 0.3 is 0 Å². The Hall–Kier alpha value is 1.30. The van der Waals surface area contributed by atoms with Gasteiger partial charge < -0.3 is 9.80 Å². The van der Waals surface area contributed by atoms with Crippen LogP contribution >= 0.6 is 45.5 Å². The molecular weight excluding hydrogens is 490 g/mol. The lowest BCUT2D eigenvalue weighted by molar-refractivity contribution is -0.104. The van der Waals surface area contributed by atoms with Crippen molar-refractivity contribution in [1.82, 2.24) is 17.8 Å². The van der Waals surface area contributed by atoms with Crippen molar-refractivity contribution in [2.45, 2.75) is 23.3 Å². The molecule has 6 heteroatoms. The van der Waals surface area contributed by atoms with Crippen LogP contribution in [0.2, 0.25) is 0 Å². The predicted molar refractivity (Wildman–Crippen MR) is 105 cm³/mol. The zero-order chi connectivity index (χ0) is 14.9. The number of likely N-dealkylation sites (tertiary alicyclic amines) is 2. The summed E-state index contributed by atoms with van der Waals surface area (Å²) in [4.78, 5) is 7.79. The smallest absolute Gasteiger partial charge is 0.0619 e. The SMILES string of the molecule is CN1CC2(C1)CN(CCCCC(I)N1CCN(I)CC1)C2. The normalized spacial score (nSPS) is 29.3. The van der Waals surface area contributed by atoms with Gasteiger partial charge in [0, 0.05) is 80.6 Å². The van der Waals surface area contributed by atoms with Crippen molar-refractivity contribution in [3.05, 3.63) is 0 Å². The van der Waals surface area contributed by atoms with E-state index >= 15 is 0 Å². The van der Waals surface area contributed by atoms with Crippen molar-refractivity contribution in [3.63, 3.8) is 0 Å². The van der Waals surface area contributed by atoms with Crippen LogP contribution in [0.25, 0.3) is 0 Å². The lowest BCUT2D eigenvalue weighted by Crippen LogP contribution is -2.71. The van der Waals surface area contributed by atoms with Gasteiger partial charge in [0.05, 0.1) is 4.05 Å². The number of hydrogen-bond acceptors (Lipinski definition) is 4. The summed E-state index contributed by atoms with van der Waals surface area (Å²) >= 11 is 5.11. The van der Waals surface area contributed by atoms with Crippen molar-refractivity contribution < 1.29 is 0 Å². The molecule has 0 aromatic heterocycles. The molecule has 3 heterocycles. The van der Waals surface area contributed by atoms with Crippen molar-refractivity contribution in [2.75, 3.05) is 66.0 Å². The summed E-state index contributed by atoms with van der Waals surface area (Å²) in [6.07, 6.45) is 4.14. The summed E-state index contributed by atoms with van der Waals surface area (Å²) in [5.41, 5.74) is 0.708. The second-order valence-electron chi connectivity index (χ2n) is 7.26. The second kappa shape index (κ2) is 7.46. The van der Waals surface area contributed by atoms with Crippen LogP contribution in [0.15, 0.2) is 0 Å². The number of unbranched alkanes of at least 4 members (excludes halogenated alkanes) is 1. The molecule has 3 fully saturated rings. The molecule has 0 aromatic carbocycles. The van der Waals surface area contributed by atoms with Gasteiger partial charge in [-0.15, -0.1) is 0 Å². The molecule has 0 N–H and O–H groups in total. The first-order valence-electron chi connectivity index (χ1n) is 8.26. The first-order valence-corrected chi connectivity index (χ1v) is 10.5. The minimum absolute atomic E-state index is 0.708. The highest BCUT2D eigenvalue weighted by molar-refractivity contribution is 14.1. The molecule has 1 unspecified atom stereocenters. The Morgan fingerprint density at radius 3 is 2.29 bits per heavy atom. The van der Waals surface area contributed by atoms with E-state index in [4.69, 9.17) is 0 Å². The van der Waals surface area contributed by atoms with Gasteiger partial charge in [0.2, 0.25) is 0 Å². The highest BCUT2D eigenvalue weighted by atomic mass is 127. The maximum absolute atomic E-state index is 2.67. The van der Waals surface area contributed by atoms with E-state index in [0.717, 1.165) is 4.05 Å². The Morgan fingerprint density at radius 1 is 1.00 bits per heavy atom. The monoisotopic (exact) mass is 518 g/mol. The van der Waals surface area contributed by atoms with Crippen LogP contribution < -0.4 is 0 Å². The zero-order valence-electron chi connectivity index (χ0n) is 13.1. The van der Waals surface area contributed by atoms with Crippen molar-refractivity contribution >= 4 is 45.5 Å². The Labute approximate surface area is 157 Å². The van der Waals surface area contributed by atoms with Crippen molar-refractivity contribution in [2.24, 2.45) is 5.41 Å². The Balaban J connectivity index is 1.22. The van der Waals surface area contributed by atoms with Gasteiger partial charge in [-0.1, -0.05) is 22.6 Å². The van der Waals surface area contributed by atoms with Gasteiger partial charge in [-0.2, -0.15) is 0 Å². The highest BCUT2D eigenvalue weighted by Crippen LogP contribution is 2.38. The lowest BCUT2D eigenvalue weighted by atomic mass is 9.73. The Morgan fingerprint density at radius 2 is 1.67 bits per heavy atom. The van der Waals surface area contributed by atoms with Crippen LogP contribution in [0.4, 0.5) is 0 Å². The van der Waals surface area contributed by atoms with E-state index in [1.165, 1.54) is 78.2 Å². The van der Waals surface area contributed by atoms with E-state index in [2.05, 4.69) is 70.3 Å². The van der Waals surface area contributed by atoms with E-state index in [1.54, 1.807) is 0 Å². The fraction of sp³-hybridized carbons (Fsp3) is 1.00. The molecule has 3 aliphatic rings. The lowest BCUT2D eigenvalue weighted by Gasteiger charge is -2.59. The van der Waals surface area contributed by atoms with Crippen LogP contribution in [0.5, 0.6) is 0 Å². The molecule has 1 spiro atoms. The highest BCUT2D eigenvalue weighted by Gasteiger charge is 2.49. The summed E-state index contributed by atoms with van der Waals surface area (Å²) in [5, 5.41) is 0. The van der Waals surface area contributed by atoms with Gasteiger partial charge in [-0.05, 0) is 32.9 Å². The maximum atomic E-state index is 2.67. The third kappa shape index (κ3) is 4.43. The van der Waals surface area contributed by atoms with Crippen LogP contribution in [0.3, 0.4) is 0 Å². The summed E-state index contributed by atoms with van der Waals surface area (Å²) < 4.78 is 3.16. The molecule has 0 radical (unpaired) electrons. The number of piperazine rings is 1. The topological polar surface area (TPSA) is 13.0 Å². The molecule has 0 bridgehead atoms. The standard InChI is InChI=1S/C15H28I2N4/c1-18-10-15(11-18)12-19(13-15)5-3-2-4-14(16)20-6-8-21(17)9-7-20/h14H,2-13H2,1H3. The van der Waals surface area contributed by atoms with Crippen LogP contribution in [0.1, 0.15) is 19.3 Å². The summed E-state index contributed by atoms with van der Waals surface area (Å²) in [6.45, 7) is 11.7. The van der Waals surface area contributed by atoms with E-state index in [1.807, 2.05) is 0 Å². The summed E-state index contributed by atoms with van der Waals surface area (Å²) in [6, 6.07) is 0. The van der Waals surface area contributed by atoms with Crippen LogP contribution in [-0.2, 0) is 0 Å². The van der Waals surface area contributed by atoms with Gasteiger partial charge in [-0.3, -0.25) is 4.90 Å². The number of alkyl halides is 1. The summed E-state index contributed by atoms with van der Waals surface area (Å²) in [5.74, 6) is 0. The number of nitrogens with zero attached hydrogens (tertiary/aromatic N) is 4. The zero-order valence-corrected chi connectivity index (χ0v) is 17.4. The van der Waals surface area contributed by atoms with Crippen LogP contribution in [0, 0.1) is 5.41 Å².